The highest BCUT2D eigenvalue weighted by molar-refractivity contribution is 8.76. The molecule has 2 nitrogen and oxygen atoms in total. The van der Waals surface area contributed by atoms with E-state index in [0.29, 0.717) is 0 Å². The summed E-state index contributed by atoms with van der Waals surface area (Å²) >= 11 is 0. The van der Waals surface area contributed by atoms with E-state index in [2.05, 4.69) is 29.2 Å². The van der Waals surface area contributed by atoms with Gasteiger partial charge < -0.3 is 5.11 Å². The molecule has 0 bridgehead atoms. The van der Waals surface area contributed by atoms with E-state index in [-0.39, 0.29) is 11.4 Å². The van der Waals surface area contributed by atoms with Gasteiger partial charge in [-0.3, -0.25) is 0 Å². The van der Waals surface area contributed by atoms with Crippen molar-refractivity contribution in [2.75, 3.05) is 0 Å². The van der Waals surface area contributed by atoms with Crippen LogP contribution in [0.4, 0.5) is 0 Å². The number of hydrogen-bond donors (Lipinski definition) is 1. The third kappa shape index (κ3) is 2.96. The molecule has 3 rings (SSSR count). The summed E-state index contributed by atoms with van der Waals surface area (Å²) in [6.07, 6.45) is 3.35. The first kappa shape index (κ1) is 13.0. The molecule has 0 fully saturated rings. The van der Waals surface area contributed by atoms with Gasteiger partial charge in [-0.25, -0.2) is 4.98 Å². The van der Waals surface area contributed by atoms with Gasteiger partial charge in [-0.1, -0.05) is 41.1 Å². The quantitative estimate of drug-likeness (QED) is 0.870. The lowest BCUT2D eigenvalue weighted by molar-refractivity contribution is 0.155. The Morgan fingerprint density at radius 3 is 2.79 bits per heavy atom. The zero-order valence-electron chi connectivity index (χ0n) is 10.4. The molecule has 19 heavy (non-hydrogen) atoms. The van der Waals surface area contributed by atoms with Crippen LogP contribution in [0.25, 0.3) is 0 Å². The van der Waals surface area contributed by atoms with E-state index in [9.17, 15) is 5.11 Å². The van der Waals surface area contributed by atoms with Gasteiger partial charge >= 0.3 is 0 Å². The van der Waals surface area contributed by atoms with Crippen molar-refractivity contribution in [3.05, 3.63) is 59.8 Å². The maximum absolute atomic E-state index is 10.2. The molecular weight excluding hydrogens is 274 g/mol. The second kappa shape index (κ2) is 5.99. The number of aliphatic hydroxyl groups is 1. The Hall–Kier alpha value is -0.970. The number of pyridine rings is 1. The van der Waals surface area contributed by atoms with E-state index in [1.807, 2.05) is 18.2 Å². The Balaban J connectivity index is 1.77. The van der Waals surface area contributed by atoms with Crippen molar-refractivity contribution < 1.29 is 5.11 Å². The normalized spacial score (nSPS) is 21.9. The van der Waals surface area contributed by atoms with Gasteiger partial charge in [-0.05, 0) is 46.9 Å². The van der Waals surface area contributed by atoms with Crippen LogP contribution in [0.2, 0.25) is 0 Å². The molecule has 0 saturated carbocycles. The number of fused-ring (bicyclic) bond motifs is 1. The van der Waals surface area contributed by atoms with Crippen LogP contribution in [0.5, 0.6) is 0 Å². The average molecular weight is 289 g/mol. The molecule has 0 aliphatic heterocycles. The highest BCUT2D eigenvalue weighted by Gasteiger charge is 2.28. The largest absolute Gasteiger partial charge is 0.392 e. The van der Waals surface area contributed by atoms with Crippen molar-refractivity contribution in [3.63, 3.8) is 0 Å². The molecule has 2 aromatic rings. The van der Waals surface area contributed by atoms with Gasteiger partial charge in [0.25, 0.3) is 0 Å². The average Bonchev–Trinajstić information content (AvgIpc) is 2.47. The summed E-state index contributed by atoms with van der Waals surface area (Å²) in [5, 5.41) is 11.4. The van der Waals surface area contributed by atoms with Crippen molar-refractivity contribution >= 4 is 21.6 Å². The Morgan fingerprint density at radius 1 is 1.11 bits per heavy atom. The molecule has 2 unspecified atom stereocenters. The van der Waals surface area contributed by atoms with Crippen LogP contribution in [0.3, 0.4) is 0 Å². The van der Waals surface area contributed by atoms with E-state index >= 15 is 0 Å². The van der Waals surface area contributed by atoms with E-state index in [4.69, 9.17) is 0 Å². The fourth-order valence-corrected chi connectivity index (χ4v) is 4.95. The lowest BCUT2D eigenvalue weighted by Gasteiger charge is -2.29. The zero-order valence-corrected chi connectivity index (χ0v) is 12.0. The summed E-state index contributed by atoms with van der Waals surface area (Å²) in [5.74, 6) is 0. The SMILES string of the molecule is OC1CCc2ccccc2C1SSc1ccccn1. The van der Waals surface area contributed by atoms with Crippen molar-refractivity contribution in [3.8, 4) is 0 Å². The summed E-state index contributed by atoms with van der Waals surface area (Å²) in [6, 6.07) is 14.3. The van der Waals surface area contributed by atoms with E-state index in [0.717, 1.165) is 17.9 Å². The lowest BCUT2D eigenvalue weighted by atomic mass is 9.89. The van der Waals surface area contributed by atoms with Gasteiger partial charge in [-0.2, -0.15) is 0 Å². The molecule has 1 heterocycles. The van der Waals surface area contributed by atoms with Crippen LogP contribution >= 0.6 is 21.6 Å². The molecule has 1 aromatic carbocycles. The zero-order chi connectivity index (χ0) is 13.1. The van der Waals surface area contributed by atoms with Crippen LogP contribution in [-0.4, -0.2) is 16.2 Å². The number of aliphatic hydroxyl groups excluding tert-OH is 1. The monoisotopic (exact) mass is 289 g/mol. The van der Waals surface area contributed by atoms with E-state index in [1.165, 1.54) is 11.1 Å². The molecule has 1 aliphatic rings. The number of hydrogen-bond acceptors (Lipinski definition) is 4. The Morgan fingerprint density at radius 2 is 1.95 bits per heavy atom. The van der Waals surface area contributed by atoms with Crippen molar-refractivity contribution in [1.29, 1.82) is 0 Å². The molecule has 4 heteroatoms. The maximum Gasteiger partial charge on any atom is 0.106 e. The maximum atomic E-state index is 10.2. The van der Waals surface area contributed by atoms with Crippen molar-refractivity contribution in [2.24, 2.45) is 0 Å². The second-order valence-corrected chi connectivity index (χ2v) is 6.94. The highest BCUT2D eigenvalue weighted by Crippen LogP contribution is 2.47. The molecule has 0 amide bonds. The molecule has 1 N–H and O–H groups in total. The highest BCUT2D eigenvalue weighted by atomic mass is 33.1. The van der Waals surface area contributed by atoms with Crippen LogP contribution in [0, 0.1) is 0 Å². The van der Waals surface area contributed by atoms with E-state index in [1.54, 1.807) is 27.8 Å². The van der Waals surface area contributed by atoms with Crippen LogP contribution < -0.4 is 0 Å². The minimum atomic E-state index is -0.267. The van der Waals surface area contributed by atoms with Gasteiger partial charge in [-0.15, -0.1) is 0 Å². The molecule has 98 valence electrons. The summed E-state index contributed by atoms with van der Waals surface area (Å²) in [6.45, 7) is 0. The summed E-state index contributed by atoms with van der Waals surface area (Å²) in [5.41, 5.74) is 2.64. The fraction of sp³-hybridized carbons (Fsp3) is 0.267. The number of rotatable bonds is 3. The number of aromatic nitrogens is 1. The number of nitrogens with zero attached hydrogens (tertiary/aromatic N) is 1. The summed E-state index contributed by atoms with van der Waals surface area (Å²) < 4.78 is 0. The van der Waals surface area contributed by atoms with Crippen LogP contribution in [0.1, 0.15) is 22.8 Å². The Kier molecular flexibility index (Phi) is 4.11. The van der Waals surface area contributed by atoms with Gasteiger partial charge in [0.1, 0.15) is 5.03 Å². The van der Waals surface area contributed by atoms with Gasteiger partial charge in [0.2, 0.25) is 0 Å². The third-order valence-electron chi connectivity index (χ3n) is 3.30. The Labute approximate surface area is 121 Å². The first-order chi connectivity index (χ1) is 9.34. The van der Waals surface area contributed by atoms with Crippen LogP contribution in [-0.2, 0) is 6.42 Å². The predicted octanol–water partition coefficient (Wildman–Crippen LogP) is 3.87. The fourth-order valence-electron chi connectivity index (χ4n) is 2.31. The van der Waals surface area contributed by atoms with Gasteiger partial charge in [0.05, 0.1) is 11.4 Å². The molecule has 0 radical (unpaired) electrons. The standard InChI is InChI=1S/C15H15NOS2/c17-13-9-8-11-5-1-2-6-12(11)15(13)19-18-14-7-3-4-10-16-14/h1-7,10,13,15,17H,8-9H2. The van der Waals surface area contributed by atoms with Gasteiger partial charge in [0, 0.05) is 6.20 Å². The van der Waals surface area contributed by atoms with Gasteiger partial charge in [0.15, 0.2) is 0 Å². The minimum Gasteiger partial charge on any atom is -0.392 e. The van der Waals surface area contributed by atoms with Crippen LogP contribution in [0.15, 0.2) is 53.7 Å². The molecule has 2 atom stereocenters. The topological polar surface area (TPSA) is 33.1 Å². The molecule has 1 aliphatic carbocycles. The summed E-state index contributed by atoms with van der Waals surface area (Å²) in [7, 11) is 3.35. The van der Waals surface area contributed by atoms with Crippen molar-refractivity contribution in [2.45, 2.75) is 29.2 Å². The summed E-state index contributed by atoms with van der Waals surface area (Å²) in [4.78, 5) is 4.30. The number of aryl methyl sites for hydroxylation is 1. The molecule has 1 aromatic heterocycles. The second-order valence-electron chi connectivity index (χ2n) is 4.57. The number of benzene rings is 1. The molecular formula is C15H15NOS2. The third-order valence-corrected chi connectivity index (χ3v) is 6.00. The first-order valence-corrected chi connectivity index (χ1v) is 8.56. The Bertz CT molecular complexity index is 547. The minimum absolute atomic E-state index is 0.136. The van der Waals surface area contributed by atoms with E-state index < -0.39 is 0 Å². The first-order valence-electron chi connectivity index (χ1n) is 6.35. The smallest absolute Gasteiger partial charge is 0.106 e. The van der Waals surface area contributed by atoms with Crippen molar-refractivity contribution in [1.82, 2.24) is 4.98 Å². The molecule has 0 saturated heterocycles. The lowest BCUT2D eigenvalue weighted by Crippen LogP contribution is -2.22. The predicted molar refractivity (Wildman–Crippen MR) is 81.2 cm³/mol. The molecule has 0 spiro atoms.